The molecule has 0 spiro atoms. The van der Waals surface area contributed by atoms with Gasteiger partial charge in [0.25, 0.3) is 15.7 Å². The predicted molar refractivity (Wildman–Crippen MR) is 84.9 cm³/mol. The number of nitrogens with two attached hydrogens (primary N) is 1. The molecule has 0 atom stereocenters. The van der Waals surface area contributed by atoms with Crippen LogP contribution in [0.3, 0.4) is 0 Å². The van der Waals surface area contributed by atoms with Crippen LogP contribution in [0.25, 0.3) is 0 Å². The monoisotopic (exact) mass is 372 g/mol. The molecule has 2 aromatic carbocycles. The van der Waals surface area contributed by atoms with E-state index < -0.39 is 35.6 Å². The Morgan fingerprint density at radius 1 is 0.958 bits per heavy atom. The Hall–Kier alpha value is -2.54. The van der Waals surface area contributed by atoms with Gasteiger partial charge in [-0.25, -0.2) is 22.0 Å². The van der Waals surface area contributed by atoms with Crippen molar-refractivity contribution in [1.82, 2.24) is 4.83 Å². The number of hydrazine groups is 1. The zero-order valence-corrected chi connectivity index (χ0v) is 13.5. The Labute approximate surface area is 137 Å². The average molecular weight is 372 g/mol. The molecular formula is C12H12N4O6S2. The largest absolute Gasteiger partial charge is 0.308 e. The molecule has 0 bridgehead atoms. The summed E-state index contributed by atoms with van der Waals surface area (Å²) in [6.45, 7) is 0. The molecule has 0 saturated carbocycles. The van der Waals surface area contributed by atoms with E-state index in [-0.39, 0.29) is 10.6 Å². The highest BCUT2D eigenvalue weighted by molar-refractivity contribution is 7.89. The first kappa shape index (κ1) is 17.8. The lowest BCUT2D eigenvalue weighted by atomic mass is 10.3. The molecular weight excluding hydrogens is 360 g/mol. The Morgan fingerprint density at radius 3 is 2.08 bits per heavy atom. The summed E-state index contributed by atoms with van der Waals surface area (Å²) in [7, 11) is -8.08. The summed E-state index contributed by atoms with van der Waals surface area (Å²) < 4.78 is 46.6. The summed E-state index contributed by atoms with van der Waals surface area (Å²) in [5, 5.41) is 15.8. The number of para-hydroxylation sites is 1. The summed E-state index contributed by atoms with van der Waals surface area (Å²) >= 11 is 0. The lowest BCUT2D eigenvalue weighted by Crippen LogP contribution is -2.30. The van der Waals surface area contributed by atoms with Gasteiger partial charge in [0.1, 0.15) is 0 Å². The molecule has 0 aliphatic rings. The normalized spacial score (nSPS) is 11.9. The maximum Gasteiger partial charge on any atom is 0.289 e. The number of rotatable bonds is 6. The van der Waals surface area contributed by atoms with Crippen molar-refractivity contribution in [2.45, 2.75) is 9.79 Å². The van der Waals surface area contributed by atoms with Gasteiger partial charge in [0.15, 0.2) is 4.90 Å². The van der Waals surface area contributed by atoms with Crippen molar-refractivity contribution in [3.8, 4) is 0 Å². The van der Waals surface area contributed by atoms with Crippen molar-refractivity contribution in [1.29, 1.82) is 0 Å². The minimum absolute atomic E-state index is 0.144. The number of sulfonamides is 2. The highest BCUT2D eigenvalue weighted by Gasteiger charge is 2.24. The van der Waals surface area contributed by atoms with E-state index in [1.54, 1.807) is 0 Å². The number of nitro benzene ring substituents is 1. The zero-order valence-electron chi connectivity index (χ0n) is 11.9. The molecule has 2 rings (SSSR count). The number of anilines is 1. The number of hydrogen-bond donors (Lipinski definition) is 3. The molecule has 128 valence electrons. The van der Waals surface area contributed by atoms with E-state index in [9.17, 15) is 26.9 Å². The van der Waals surface area contributed by atoms with Crippen LogP contribution in [0.2, 0.25) is 0 Å². The van der Waals surface area contributed by atoms with E-state index >= 15 is 0 Å². The van der Waals surface area contributed by atoms with Crippen LogP contribution in [-0.4, -0.2) is 21.8 Å². The van der Waals surface area contributed by atoms with Gasteiger partial charge < -0.3 is 5.43 Å². The quantitative estimate of drug-likeness (QED) is 0.492. The third-order valence-corrected chi connectivity index (χ3v) is 5.09. The van der Waals surface area contributed by atoms with Gasteiger partial charge >= 0.3 is 0 Å². The van der Waals surface area contributed by atoms with Crippen molar-refractivity contribution in [3.05, 3.63) is 58.6 Å². The standard InChI is InChI=1S/C12H12N4O6S2/c13-23(19,20)10-7-5-9(6-8-10)14-15-24(21,22)12-4-2-1-3-11(12)16(17)18/h1-8,14-15H,(H2,13,19,20). The van der Waals surface area contributed by atoms with E-state index in [1.165, 1.54) is 36.4 Å². The molecule has 0 fully saturated rings. The number of nitrogens with one attached hydrogen (secondary N) is 2. The summed E-state index contributed by atoms with van der Waals surface area (Å²) in [6.07, 6.45) is 0. The zero-order chi connectivity index (χ0) is 18.0. The third-order valence-electron chi connectivity index (χ3n) is 2.86. The van der Waals surface area contributed by atoms with Crippen molar-refractivity contribution >= 4 is 31.4 Å². The molecule has 0 amide bonds. The average Bonchev–Trinajstić information content (AvgIpc) is 2.52. The minimum atomic E-state index is -4.22. The first-order valence-electron chi connectivity index (χ1n) is 6.25. The Morgan fingerprint density at radius 2 is 1.54 bits per heavy atom. The van der Waals surface area contributed by atoms with Crippen LogP contribution in [0.15, 0.2) is 58.3 Å². The van der Waals surface area contributed by atoms with Gasteiger partial charge in [-0.3, -0.25) is 10.1 Å². The van der Waals surface area contributed by atoms with Crippen molar-refractivity contribution in [3.63, 3.8) is 0 Å². The van der Waals surface area contributed by atoms with Crippen LogP contribution in [0, 0.1) is 10.1 Å². The lowest BCUT2D eigenvalue weighted by Gasteiger charge is -2.10. The fraction of sp³-hybridized carbons (Fsp3) is 0. The molecule has 2 aromatic rings. The fourth-order valence-corrected chi connectivity index (χ4v) is 3.30. The Kier molecular flexibility index (Phi) is 4.84. The molecule has 12 heteroatoms. The van der Waals surface area contributed by atoms with Crippen molar-refractivity contribution in [2.24, 2.45) is 5.14 Å². The van der Waals surface area contributed by atoms with E-state index in [1.807, 2.05) is 4.83 Å². The molecule has 0 aromatic heterocycles. The maximum absolute atomic E-state index is 12.2. The molecule has 0 unspecified atom stereocenters. The summed E-state index contributed by atoms with van der Waals surface area (Å²) in [6, 6.07) is 9.76. The van der Waals surface area contributed by atoms with Crippen LogP contribution in [0.1, 0.15) is 0 Å². The fourth-order valence-electron chi connectivity index (χ4n) is 1.74. The molecule has 0 aliphatic carbocycles. The smallest absolute Gasteiger partial charge is 0.289 e. The van der Waals surface area contributed by atoms with Gasteiger partial charge in [0, 0.05) is 11.8 Å². The van der Waals surface area contributed by atoms with E-state index in [2.05, 4.69) is 5.43 Å². The van der Waals surface area contributed by atoms with Crippen LogP contribution in [0.4, 0.5) is 11.4 Å². The molecule has 10 nitrogen and oxygen atoms in total. The Balaban J connectivity index is 2.21. The van der Waals surface area contributed by atoms with Crippen LogP contribution in [-0.2, 0) is 20.0 Å². The van der Waals surface area contributed by atoms with Crippen molar-refractivity contribution < 1.29 is 21.8 Å². The highest BCUT2D eigenvalue weighted by atomic mass is 32.2. The first-order chi connectivity index (χ1) is 11.1. The Bertz CT molecular complexity index is 971. The highest BCUT2D eigenvalue weighted by Crippen LogP contribution is 2.22. The lowest BCUT2D eigenvalue weighted by molar-refractivity contribution is -0.387. The molecule has 0 heterocycles. The molecule has 4 N–H and O–H groups in total. The van der Waals surface area contributed by atoms with Crippen molar-refractivity contribution in [2.75, 3.05) is 5.43 Å². The molecule has 0 aliphatic heterocycles. The number of hydrogen-bond acceptors (Lipinski definition) is 7. The predicted octanol–water partition coefficient (Wildman–Crippen LogP) is 0.548. The van der Waals surface area contributed by atoms with Crippen LogP contribution in [0.5, 0.6) is 0 Å². The first-order valence-corrected chi connectivity index (χ1v) is 9.28. The summed E-state index contributed by atoms with van der Waals surface area (Å²) in [5.41, 5.74) is 1.97. The van der Waals surface area contributed by atoms with Gasteiger partial charge in [0.2, 0.25) is 10.0 Å². The van der Waals surface area contributed by atoms with Gasteiger partial charge in [-0.15, -0.1) is 4.83 Å². The van der Waals surface area contributed by atoms with E-state index in [0.717, 1.165) is 12.1 Å². The molecule has 24 heavy (non-hydrogen) atoms. The van der Waals surface area contributed by atoms with Crippen LogP contribution >= 0.6 is 0 Å². The maximum atomic E-state index is 12.2. The van der Waals surface area contributed by atoms with Gasteiger partial charge in [-0.1, -0.05) is 12.1 Å². The molecule has 0 radical (unpaired) electrons. The van der Waals surface area contributed by atoms with Gasteiger partial charge in [-0.05, 0) is 30.3 Å². The second-order valence-electron chi connectivity index (χ2n) is 4.52. The topological polar surface area (TPSA) is 162 Å². The summed E-state index contributed by atoms with van der Waals surface area (Å²) in [5.74, 6) is 0. The van der Waals surface area contributed by atoms with E-state index in [0.29, 0.717) is 0 Å². The minimum Gasteiger partial charge on any atom is -0.308 e. The third kappa shape index (κ3) is 4.05. The summed E-state index contributed by atoms with van der Waals surface area (Å²) in [4.78, 5) is 11.4. The van der Waals surface area contributed by atoms with Gasteiger partial charge in [0.05, 0.1) is 9.82 Å². The van der Waals surface area contributed by atoms with E-state index in [4.69, 9.17) is 5.14 Å². The SMILES string of the molecule is NS(=O)(=O)c1ccc(NNS(=O)(=O)c2ccccc2[N+](=O)[O-])cc1. The second kappa shape index (κ2) is 6.52. The number of nitro groups is 1. The van der Waals surface area contributed by atoms with Crippen LogP contribution < -0.4 is 15.4 Å². The van der Waals surface area contributed by atoms with Gasteiger partial charge in [-0.2, -0.15) is 0 Å². The number of nitrogens with zero attached hydrogens (tertiary/aromatic N) is 1. The number of primary sulfonamides is 1. The molecule has 0 saturated heterocycles. The number of benzene rings is 2. The second-order valence-corrected chi connectivity index (χ2v) is 7.74.